The molecule has 0 bridgehead atoms. The SMILES string of the molecule is Cc1ccc(CN2C[C@@H](NC(=O)c3cnccn3)[C@@H]3OCCC[C@@H]32)o1.O=C(O)C(F)(F)F. The minimum Gasteiger partial charge on any atom is -0.475 e. The summed E-state index contributed by atoms with van der Waals surface area (Å²) in [5, 5.41) is 10.2. The molecule has 2 fully saturated rings. The van der Waals surface area contributed by atoms with Crippen molar-refractivity contribution in [3.63, 3.8) is 0 Å². The number of nitrogens with one attached hydrogen (secondary N) is 1. The van der Waals surface area contributed by atoms with E-state index in [-0.39, 0.29) is 18.1 Å². The second kappa shape index (κ2) is 10.1. The summed E-state index contributed by atoms with van der Waals surface area (Å²) in [6, 6.07) is 4.23. The molecule has 1 amide bonds. The Hall–Kier alpha value is -2.99. The highest BCUT2D eigenvalue weighted by atomic mass is 19.4. The molecule has 2 aromatic rings. The lowest BCUT2D eigenvalue weighted by Crippen LogP contribution is -2.47. The summed E-state index contributed by atoms with van der Waals surface area (Å²) >= 11 is 0. The average molecular weight is 456 g/mol. The largest absolute Gasteiger partial charge is 0.490 e. The monoisotopic (exact) mass is 456 g/mol. The fourth-order valence-corrected chi connectivity index (χ4v) is 3.79. The number of alkyl halides is 3. The van der Waals surface area contributed by atoms with E-state index in [4.69, 9.17) is 19.1 Å². The van der Waals surface area contributed by atoms with Crippen molar-refractivity contribution in [2.75, 3.05) is 13.2 Å². The molecule has 0 spiro atoms. The average Bonchev–Trinajstić information content (AvgIpc) is 3.32. The molecule has 9 nitrogen and oxygen atoms in total. The van der Waals surface area contributed by atoms with Gasteiger partial charge < -0.3 is 19.6 Å². The normalized spacial score (nSPS) is 23.1. The van der Waals surface area contributed by atoms with Gasteiger partial charge in [0.15, 0.2) is 0 Å². The number of hydrogen-bond donors (Lipinski definition) is 2. The number of aromatic nitrogens is 2. The van der Waals surface area contributed by atoms with Gasteiger partial charge in [-0.3, -0.25) is 14.7 Å². The summed E-state index contributed by atoms with van der Waals surface area (Å²) in [6.07, 6.45) is 1.59. The second-order valence-corrected chi connectivity index (χ2v) is 7.46. The maximum absolute atomic E-state index is 12.4. The Morgan fingerprint density at radius 2 is 2.06 bits per heavy atom. The molecular weight excluding hydrogens is 433 g/mol. The third-order valence-corrected chi connectivity index (χ3v) is 5.14. The number of aryl methyl sites for hydroxylation is 1. The summed E-state index contributed by atoms with van der Waals surface area (Å²) in [4.78, 5) is 31.7. The number of likely N-dealkylation sites (tertiary alicyclic amines) is 1. The number of furan rings is 1. The fraction of sp³-hybridized carbons (Fsp3) is 0.500. The van der Waals surface area contributed by atoms with Crippen LogP contribution >= 0.6 is 0 Å². The van der Waals surface area contributed by atoms with Gasteiger partial charge in [-0.2, -0.15) is 13.2 Å². The molecule has 174 valence electrons. The van der Waals surface area contributed by atoms with Crippen LogP contribution in [0.1, 0.15) is 34.9 Å². The van der Waals surface area contributed by atoms with Crippen molar-refractivity contribution < 1.29 is 37.0 Å². The molecule has 2 aliphatic rings. The van der Waals surface area contributed by atoms with E-state index in [9.17, 15) is 18.0 Å². The van der Waals surface area contributed by atoms with E-state index in [1.165, 1.54) is 12.4 Å². The molecule has 2 aromatic heterocycles. The van der Waals surface area contributed by atoms with Gasteiger partial charge in [0.25, 0.3) is 5.91 Å². The standard InChI is InChI=1S/C18H22N4O3.C2HF3O2/c1-12-4-5-13(25-12)10-22-11-15(17-16(22)3-2-8-24-17)21-18(23)14-9-19-6-7-20-14;3-2(4,5)1(6)7/h4-7,9,15-17H,2-3,8,10-11H2,1H3,(H,21,23);(H,6,7)/t15-,16+,17+;/m1./s1. The minimum absolute atomic E-state index is 0.00503. The number of fused-ring (bicyclic) bond motifs is 1. The molecule has 12 heteroatoms. The Morgan fingerprint density at radius 3 is 2.66 bits per heavy atom. The first-order valence-electron chi connectivity index (χ1n) is 9.93. The van der Waals surface area contributed by atoms with E-state index in [1.54, 1.807) is 6.20 Å². The predicted octanol–water partition coefficient (Wildman–Crippen LogP) is 2.17. The third kappa shape index (κ3) is 6.04. The van der Waals surface area contributed by atoms with Crippen LogP contribution in [0.25, 0.3) is 0 Å². The van der Waals surface area contributed by atoms with Crippen molar-refractivity contribution in [3.8, 4) is 0 Å². The second-order valence-electron chi connectivity index (χ2n) is 7.46. The van der Waals surface area contributed by atoms with Gasteiger partial charge in [-0.05, 0) is 31.9 Å². The predicted molar refractivity (Wildman–Crippen MR) is 104 cm³/mol. The van der Waals surface area contributed by atoms with Crippen LogP contribution in [-0.2, 0) is 16.1 Å². The zero-order valence-electron chi connectivity index (χ0n) is 17.2. The van der Waals surface area contributed by atoms with Crippen LogP contribution in [0.15, 0.2) is 35.1 Å². The molecule has 4 heterocycles. The Labute approximate surface area is 181 Å². The Bertz CT molecular complexity index is 921. The smallest absolute Gasteiger partial charge is 0.475 e. The third-order valence-electron chi connectivity index (χ3n) is 5.14. The molecule has 0 aromatic carbocycles. The van der Waals surface area contributed by atoms with Crippen LogP contribution in [0, 0.1) is 6.92 Å². The van der Waals surface area contributed by atoms with Gasteiger partial charge in [-0.15, -0.1) is 0 Å². The van der Waals surface area contributed by atoms with Crippen molar-refractivity contribution in [2.24, 2.45) is 0 Å². The summed E-state index contributed by atoms with van der Waals surface area (Å²) < 4.78 is 43.5. The first-order valence-corrected chi connectivity index (χ1v) is 9.93. The highest BCUT2D eigenvalue weighted by Crippen LogP contribution is 2.30. The van der Waals surface area contributed by atoms with Gasteiger partial charge in [0, 0.05) is 31.6 Å². The van der Waals surface area contributed by atoms with Crippen LogP contribution in [0.3, 0.4) is 0 Å². The quantitative estimate of drug-likeness (QED) is 0.719. The molecule has 0 radical (unpaired) electrons. The lowest BCUT2D eigenvalue weighted by Gasteiger charge is -2.32. The number of carboxylic acids is 1. The Morgan fingerprint density at radius 1 is 1.31 bits per heavy atom. The van der Waals surface area contributed by atoms with Gasteiger partial charge in [0.2, 0.25) is 0 Å². The minimum atomic E-state index is -5.08. The summed E-state index contributed by atoms with van der Waals surface area (Å²) in [7, 11) is 0. The zero-order chi connectivity index (χ0) is 23.3. The number of carbonyl (C=O) groups is 2. The van der Waals surface area contributed by atoms with Crippen LogP contribution in [0.2, 0.25) is 0 Å². The van der Waals surface area contributed by atoms with Crippen LogP contribution in [0.5, 0.6) is 0 Å². The number of ether oxygens (including phenoxy) is 1. The van der Waals surface area contributed by atoms with E-state index in [1.807, 2.05) is 19.1 Å². The number of carbonyl (C=O) groups excluding carboxylic acids is 1. The van der Waals surface area contributed by atoms with E-state index < -0.39 is 12.1 Å². The number of amides is 1. The van der Waals surface area contributed by atoms with Crippen molar-refractivity contribution in [3.05, 3.63) is 47.9 Å². The number of nitrogens with zero attached hydrogens (tertiary/aromatic N) is 3. The lowest BCUT2D eigenvalue weighted by atomic mass is 10.0. The van der Waals surface area contributed by atoms with Crippen LogP contribution in [-0.4, -0.2) is 69.4 Å². The molecule has 0 saturated carbocycles. The van der Waals surface area contributed by atoms with Crippen LogP contribution < -0.4 is 5.32 Å². The van der Waals surface area contributed by atoms with Gasteiger partial charge in [-0.25, -0.2) is 9.78 Å². The molecule has 2 N–H and O–H groups in total. The number of aliphatic carboxylic acids is 1. The molecular formula is C20H23F3N4O5. The molecule has 0 unspecified atom stereocenters. The van der Waals surface area contributed by atoms with Crippen molar-refractivity contribution in [2.45, 2.75) is 50.7 Å². The number of carboxylic acid groups (broad SMARTS) is 1. The number of halogens is 3. The molecule has 3 atom stereocenters. The topological polar surface area (TPSA) is 118 Å². The number of rotatable bonds is 4. The number of hydrogen-bond acceptors (Lipinski definition) is 7. The molecule has 32 heavy (non-hydrogen) atoms. The van der Waals surface area contributed by atoms with E-state index in [0.717, 1.165) is 44.1 Å². The van der Waals surface area contributed by atoms with Gasteiger partial charge >= 0.3 is 12.1 Å². The van der Waals surface area contributed by atoms with E-state index >= 15 is 0 Å². The Balaban J connectivity index is 0.000000360. The maximum atomic E-state index is 12.4. The highest BCUT2D eigenvalue weighted by Gasteiger charge is 2.45. The van der Waals surface area contributed by atoms with E-state index in [0.29, 0.717) is 11.7 Å². The van der Waals surface area contributed by atoms with Gasteiger partial charge in [0.05, 0.1) is 24.9 Å². The summed E-state index contributed by atoms with van der Waals surface area (Å²) in [5.74, 6) is -1.10. The molecule has 2 aliphatic heterocycles. The summed E-state index contributed by atoms with van der Waals surface area (Å²) in [5.41, 5.74) is 0.329. The lowest BCUT2D eigenvalue weighted by molar-refractivity contribution is -0.192. The van der Waals surface area contributed by atoms with Crippen LogP contribution in [0.4, 0.5) is 13.2 Å². The maximum Gasteiger partial charge on any atom is 0.490 e. The zero-order valence-corrected chi connectivity index (χ0v) is 17.2. The highest BCUT2D eigenvalue weighted by molar-refractivity contribution is 5.92. The molecule has 0 aliphatic carbocycles. The summed E-state index contributed by atoms with van der Waals surface area (Å²) in [6.45, 7) is 4.16. The van der Waals surface area contributed by atoms with Gasteiger partial charge in [-0.1, -0.05) is 0 Å². The van der Waals surface area contributed by atoms with Crippen molar-refractivity contribution in [1.29, 1.82) is 0 Å². The first kappa shape index (κ1) is 23.7. The van der Waals surface area contributed by atoms with E-state index in [2.05, 4.69) is 20.2 Å². The molecule has 2 saturated heterocycles. The first-order chi connectivity index (χ1) is 15.1. The molecule has 4 rings (SSSR count). The van der Waals surface area contributed by atoms with Crippen molar-refractivity contribution in [1.82, 2.24) is 20.2 Å². The Kier molecular flexibility index (Phi) is 7.46. The van der Waals surface area contributed by atoms with Gasteiger partial charge in [0.1, 0.15) is 17.2 Å². The fourth-order valence-electron chi connectivity index (χ4n) is 3.79. The van der Waals surface area contributed by atoms with Crippen molar-refractivity contribution >= 4 is 11.9 Å².